The molecule has 17 heavy (non-hydrogen) atoms. The number of nitrogens with one attached hydrogen (secondary N) is 1. The number of hydrogen-bond donors (Lipinski definition) is 2. The van der Waals surface area contributed by atoms with E-state index in [1.165, 1.54) is 0 Å². The van der Waals surface area contributed by atoms with Crippen LogP contribution in [0.3, 0.4) is 0 Å². The van der Waals surface area contributed by atoms with Crippen LogP contribution in [0.4, 0.5) is 0 Å². The molecule has 2 rings (SSSR count). The Labute approximate surface area is 108 Å². The number of halogens is 1. The minimum atomic E-state index is 0.604. The van der Waals surface area contributed by atoms with Gasteiger partial charge in [0.15, 0.2) is 0 Å². The zero-order chi connectivity index (χ0) is 12.3. The van der Waals surface area contributed by atoms with Crippen LogP contribution in [-0.2, 0) is 6.42 Å². The van der Waals surface area contributed by atoms with Gasteiger partial charge in [-0.1, -0.05) is 6.07 Å². The van der Waals surface area contributed by atoms with Crippen molar-refractivity contribution in [3.63, 3.8) is 0 Å². The molecule has 0 spiro atoms. The number of aromatic nitrogens is 2. The monoisotopic (exact) mass is 295 g/mol. The normalized spacial score (nSPS) is 10.5. The molecule has 0 amide bonds. The average molecular weight is 296 g/mol. The van der Waals surface area contributed by atoms with E-state index in [2.05, 4.69) is 26.1 Å². The summed E-state index contributed by atoms with van der Waals surface area (Å²) in [6.45, 7) is 0.604. The number of nitrogens with two attached hydrogens (primary N) is 1. The summed E-state index contributed by atoms with van der Waals surface area (Å²) in [5, 5.41) is 7.04. The van der Waals surface area contributed by atoms with E-state index in [1.807, 2.05) is 24.4 Å². The van der Waals surface area contributed by atoms with Crippen molar-refractivity contribution in [3.05, 3.63) is 34.6 Å². The van der Waals surface area contributed by atoms with Gasteiger partial charge in [-0.3, -0.25) is 5.10 Å². The standard InChI is InChI=1S/C12H14BrN3O/c1-17-12-3-2-8(6-10(12)13)9-7-15-16-11(9)4-5-14/h2-3,6-7H,4-5,14H2,1H3,(H,15,16). The third-order valence-corrected chi connectivity index (χ3v) is 3.20. The van der Waals surface area contributed by atoms with Gasteiger partial charge in [-0.2, -0.15) is 5.10 Å². The van der Waals surface area contributed by atoms with Crippen LogP contribution in [0.5, 0.6) is 5.75 Å². The number of methoxy groups -OCH3 is 1. The van der Waals surface area contributed by atoms with Gasteiger partial charge in [-0.15, -0.1) is 0 Å². The first-order valence-electron chi connectivity index (χ1n) is 5.32. The van der Waals surface area contributed by atoms with Gasteiger partial charge in [0.1, 0.15) is 5.75 Å². The minimum absolute atomic E-state index is 0.604. The molecule has 5 heteroatoms. The second-order valence-corrected chi connectivity index (χ2v) is 4.50. The Balaban J connectivity index is 2.39. The molecule has 1 aromatic carbocycles. The van der Waals surface area contributed by atoms with E-state index in [0.29, 0.717) is 6.54 Å². The number of nitrogens with zero attached hydrogens (tertiary/aromatic N) is 1. The van der Waals surface area contributed by atoms with Crippen LogP contribution in [0.1, 0.15) is 5.69 Å². The molecule has 0 atom stereocenters. The lowest BCUT2D eigenvalue weighted by Gasteiger charge is -2.06. The maximum Gasteiger partial charge on any atom is 0.133 e. The van der Waals surface area contributed by atoms with Crippen molar-refractivity contribution < 1.29 is 4.74 Å². The lowest BCUT2D eigenvalue weighted by Crippen LogP contribution is -2.04. The van der Waals surface area contributed by atoms with Gasteiger partial charge >= 0.3 is 0 Å². The van der Waals surface area contributed by atoms with E-state index < -0.39 is 0 Å². The van der Waals surface area contributed by atoms with Crippen molar-refractivity contribution in [2.75, 3.05) is 13.7 Å². The summed E-state index contributed by atoms with van der Waals surface area (Å²) in [7, 11) is 1.65. The summed E-state index contributed by atoms with van der Waals surface area (Å²) in [5.74, 6) is 0.817. The van der Waals surface area contributed by atoms with Crippen LogP contribution in [0.15, 0.2) is 28.9 Å². The highest BCUT2D eigenvalue weighted by atomic mass is 79.9. The number of hydrogen-bond acceptors (Lipinski definition) is 3. The molecule has 2 aromatic rings. The Morgan fingerprint density at radius 2 is 2.29 bits per heavy atom. The topological polar surface area (TPSA) is 63.9 Å². The minimum Gasteiger partial charge on any atom is -0.496 e. The fourth-order valence-corrected chi connectivity index (χ4v) is 2.27. The van der Waals surface area contributed by atoms with Crippen molar-refractivity contribution in [1.29, 1.82) is 0 Å². The first-order valence-corrected chi connectivity index (χ1v) is 6.11. The quantitative estimate of drug-likeness (QED) is 0.910. The molecule has 1 aromatic heterocycles. The zero-order valence-electron chi connectivity index (χ0n) is 9.53. The van der Waals surface area contributed by atoms with Gasteiger partial charge in [0.05, 0.1) is 17.8 Å². The van der Waals surface area contributed by atoms with E-state index in [1.54, 1.807) is 7.11 Å². The van der Waals surface area contributed by atoms with E-state index in [0.717, 1.165) is 33.5 Å². The largest absolute Gasteiger partial charge is 0.496 e. The lowest BCUT2D eigenvalue weighted by atomic mass is 10.1. The van der Waals surface area contributed by atoms with Crippen LogP contribution in [0.2, 0.25) is 0 Å². The summed E-state index contributed by atoms with van der Waals surface area (Å²) < 4.78 is 6.13. The van der Waals surface area contributed by atoms with Crippen LogP contribution in [0, 0.1) is 0 Å². The first-order chi connectivity index (χ1) is 8.26. The first kappa shape index (κ1) is 12.1. The Morgan fingerprint density at radius 3 is 2.94 bits per heavy atom. The number of rotatable bonds is 4. The fourth-order valence-electron chi connectivity index (χ4n) is 1.73. The second-order valence-electron chi connectivity index (χ2n) is 3.65. The summed E-state index contributed by atoms with van der Waals surface area (Å²) in [4.78, 5) is 0. The van der Waals surface area contributed by atoms with Crippen LogP contribution in [0.25, 0.3) is 11.1 Å². The highest BCUT2D eigenvalue weighted by molar-refractivity contribution is 9.10. The molecule has 0 aliphatic rings. The molecule has 0 bridgehead atoms. The predicted octanol–water partition coefficient (Wildman–Crippen LogP) is 2.35. The van der Waals surface area contributed by atoms with E-state index in [9.17, 15) is 0 Å². The van der Waals surface area contributed by atoms with Gasteiger partial charge in [-0.25, -0.2) is 0 Å². The van der Waals surface area contributed by atoms with Gasteiger partial charge in [-0.05, 0) is 40.2 Å². The molecule has 0 aliphatic carbocycles. The molecule has 90 valence electrons. The fraction of sp³-hybridized carbons (Fsp3) is 0.250. The molecule has 3 N–H and O–H groups in total. The maximum absolute atomic E-state index is 5.57. The summed E-state index contributed by atoms with van der Waals surface area (Å²) >= 11 is 3.48. The van der Waals surface area contributed by atoms with E-state index in [4.69, 9.17) is 10.5 Å². The smallest absolute Gasteiger partial charge is 0.133 e. The Morgan fingerprint density at radius 1 is 1.47 bits per heavy atom. The Kier molecular flexibility index (Phi) is 3.81. The zero-order valence-corrected chi connectivity index (χ0v) is 11.1. The number of aromatic amines is 1. The van der Waals surface area contributed by atoms with Crippen molar-refractivity contribution in [3.8, 4) is 16.9 Å². The molecule has 0 aliphatic heterocycles. The Hall–Kier alpha value is -1.33. The van der Waals surface area contributed by atoms with Gasteiger partial charge in [0.25, 0.3) is 0 Å². The van der Waals surface area contributed by atoms with Crippen molar-refractivity contribution >= 4 is 15.9 Å². The van der Waals surface area contributed by atoms with Crippen molar-refractivity contribution in [2.45, 2.75) is 6.42 Å². The maximum atomic E-state index is 5.57. The van der Waals surface area contributed by atoms with Gasteiger partial charge in [0, 0.05) is 17.7 Å². The van der Waals surface area contributed by atoms with Crippen LogP contribution in [-0.4, -0.2) is 23.9 Å². The summed E-state index contributed by atoms with van der Waals surface area (Å²) in [6.07, 6.45) is 2.61. The molecular weight excluding hydrogens is 282 g/mol. The van der Waals surface area contributed by atoms with E-state index >= 15 is 0 Å². The van der Waals surface area contributed by atoms with Gasteiger partial charge < -0.3 is 10.5 Å². The SMILES string of the molecule is COc1ccc(-c2cn[nH]c2CCN)cc1Br. The molecule has 0 radical (unpaired) electrons. The molecule has 0 unspecified atom stereocenters. The summed E-state index contributed by atoms with van der Waals surface area (Å²) in [5.41, 5.74) is 8.80. The highest BCUT2D eigenvalue weighted by Crippen LogP contribution is 2.31. The number of benzene rings is 1. The van der Waals surface area contributed by atoms with Crippen molar-refractivity contribution in [2.24, 2.45) is 5.73 Å². The molecule has 0 fully saturated rings. The molecular formula is C12H14BrN3O. The molecule has 4 nitrogen and oxygen atoms in total. The molecule has 1 heterocycles. The van der Waals surface area contributed by atoms with Crippen LogP contribution < -0.4 is 10.5 Å². The number of H-pyrrole nitrogens is 1. The van der Waals surface area contributed by atoms with Crippen LogP contribution >= 0.6 is 15.9 Å². The highest BCUT2D eigenvalue weighted by Gasteiger charge is 2.09. The lowest BCUT2D eigenvalue weighted by molar-refractivity contribution is 0.412. The summed E-state index contributed by atoms with van der Waals surface area (Å²) in [6, 6.07) is 5.96. The third-order valence-electron chi connectivity index (χ3n) is 2.58. The van der Waals surface area contributed by atoms with Crippen molar-refractivity contribution in [1.82, 2.24) is 10.2 Å². The number of ether oxygens (including phenoxy) is 1. The predicted molar refractivity (Wildman–Crippen MR) is 71.0 cm³/mol. The molecule has 0 saturated carbocycles. The Bertz CT molecular complexity index is 510. The third kappa shape index (κ3) is 2.50. The van der Waals surface area contributed by atoms with E-state index in [-0.39, 0.29) is 0 Å². The second kappa shape index (κ2) is 5.33. The average Bonchev–Trinajstić information content (AvgIpc) is 2.78. The van der Waals surface area contributed by atoms with Gasteiger partial charge in [0.2, 0.25) is 0 Å². The molecule has 0 saturated heterocycles.